The first-order valence-electron chi connectivity index (χ1n) is 4.73. The molecule has 3 nitrogen and oxygen atoms in total. The maximum Gasteiger partial charge on any atom is 0.194 e. The number of benzene rings is 1. The lowest BCUT2D eigenvalue weighted by molar-refractivity contribution is 0.474. The van der Waals surface area contributed by atoms with Gasteiger partial charge in [0.05, 0.1) is 0 Å². The standard InChI is InChI=1S/C12H10N2OS/c15-10-5-3-7-13-12(10)14-8-9-4-1-2-6-11(9)16/h1-8,15-16H. The molecule has 0 amide bonds. The lowest BCUT2D eigenvalue weighted by Gasteiger charge is -1.98. The number of hydrogen-bond acceptors (Lipinski definition) is 4. The Morgan fingerprint density at radius 1 is 1.19 bits per heavy atom. The Kier molecular flexibility index (Phi) is 3.22. The molecule has 1 aromatic heterocycles. The highest BCUT2D eigenvalue weighted by Crippen LogP contribution is 2.22. The van der Waals surface area contributed by atoms with Crippen LogP contribution in [0.25, 0.3) is 0 Å². The van der Waals surface area contributed by atoms with Crippen molar-refractivity contribution in [3.8, 4) is 5.75 Å². The normalized spacial score (nSPS) is 10.8. The minimum atomic E-state index is 0.0652. The molecule has 2 aromatic rings. The van der Waals surface area contributed by atoms with Crippen molar-refractivity contribution in [2.45, 2.75) is 4.90 Å². The van der Waals surface area contributed by atoms with Gasteiger partial charge >= 0.3 is 0 Å². The fraction of sp³-hybridized carbons (Fsp3) is 0. The third kappa shape index (κ3) is 2.41. The molecule has 16 heavy (non-hydrogen) atoms. The van der Waals surface area contributed by atoms with Gasteiger partial charge in [-0.15, -0.1) is 12.6 Å². The van der Waals surface area contributed by atoms with Crippen LogP contribution < -0.4 is 0 Å². The second kappa shape index (κ2) is 4.81. The molecule has 0 aliphatic carbocycles. The second-order valence-electron chi connectivity index (χ2n) is 3.16. The van der Waals surface area contributed by atoms with Crippen LogP contribution in [0.2, 0.25) is 0 Å². The Balaban J connectivity index is 2.29. The zero-order chi connectivity index (χ0) is 11.4. The average molecular weight is 230 g/mol. The van der Waals surface area contributed by atoms with Gasteiger partial charge in [0.1, 0.15) is 0 Å². The summed E-state index contributed by atoms with van der Waals surface area (Å²) in [6, 6.07) is 10.8. The van der Waals surface area contributed by atoms with Crippen LogP contribution in [-0.2, 0) is 0 Å². The summed E-state index contributed by atoms with van der Waals surface area (Å²) in [6.45, 7) is 0. The number of hydrogen-bond donors (Lipinski definition) is 2. The molecule has 0 spiro atoms. The van der Waals surface area contributed by atoms with Crippen LogP contribution >= 0.6 is 12.6 Å². The van der Waals surface area contributed by atoms with E-state index in [1.165, 1.54) is 0 Å². The lowest BCUT2D eigenvalue weighted by atomic mass is 10.2. The molecule has 1 aromatic carbocycles. The van der Waals surface area contributed by atoms with E-state index in [1.54, 1.807) is 24.5 Å². The number of aromatic hydroxyl groups is 1. The van der Waals surface area contributed by atoms with Gasteiger partial charge in [0.25, 0.3) is 0 Å². The summed E-state index contributed by atoms with van der Waals surface area (Å²) in [5.74, 6) is 0.370. The molecular formula is C12H10N2OS. The Morgan fingerprint density at radius 3 is 2.75 bits per heavy atom. The van der Waals surface area contributed by atoms with Crippen molar-refractivity contribution in [3.05, 3.63) is 48.2 Å². The van der Waals surface area contributed by atoms with Crippen LogP contribution in [0.15, 0.2) is 52.5 Å². The molecule has 2 rings (SSSR count). The van der Waals surface area contributed by atoms with Gasteiger partial charge in [0, 0.05) is 22.9 Å². The third-order valence-electron chi connectivity index (χ3n) is 2.03. The number of thiol groups is 1. The first kappa shape index (κ1) is 10.7. The van der Waals surface area contributed by atoms with Gasteiger partial charge in [-0.05, 0) is 18.2 Å². The minimum absolute atomic E-state index is 0.0652. The van der Waals surface area contributed by atoms with E-state index in [-0.39, 0.29) is 5.75 Å². The van der Waals surface area contributed by atoms with Crippen molar-refractivity contribution in [2.75, 3.05) is 0 Å². The van der Waals surface area contributed by atoms with E-state index in [1.807, 2.05) is 24.3 Å². The van der Waals surface area contributed by atoms with Crippen molar-refractivity contribution >= 4 is 24.7 Å². The molecule has 0 unspecified atom stereocenters. The predicted molar refractivity (Wildman–Crippen MR) is 66.8 cm³/mol. The zero-order valence-electron chi connectivity index (χ0n) is 8.41. The van der Waals surface area contributed by atoms with E-state index >= 15 is 0 Å². The van der Waals surface area contributed by atoms with Crippen LogP contribution in [0.4, 0.5) is 5.82 Å². The van der Waals surface area contributed by atoms with Crippen LogP contribution in [0, 0.1) is 0 Å². The first-order chi connectivity index (χ1) is 7.77. The summed E-state index contributed by atoms with van der Waals surface area (Å²) < 4.78 is 0. The smallest absolute Gasteiger partial charge is 0.194 e. The molecule has 1 heterocycles. The molecule has 0 atom stereocenters. The number of pyridine rings is 1. The topological polar surface area (TPSA) is 45.5 Å². The number of rotatable bonds is 2. The van der Waals surface area contributed by atoms with E-state index in [2.05, 4.69) is 22.6 Å². The van der Waals surface area contributed by atoms with Crippen molar-refractivity contribution in [3.63, 3.8) is 0 Å². The van der Waals surface area contributed by atoms with Gasteiger partial charge in [-0.25, -0.2) is 9.98 Å². The molecule has 0 aliphatic rings. The monoisotopic (exact) mass is 230 g/mol. The summed E-state index contributed by atoms with van der Waals surface area (Å²) in [4.78, 5) is 8.89. The van der Waals surface area contributed by atoms with Crippen molar-refractivity contribution in [1.29, 1.82) is 0 Å². The van der Waals surface area contributed by atoms with E-state index in [0.29, 0.717) is 5.82 Å². The largest absolute Gasteiger partial charge is 0.504 e. The minimum Gasteiger partial charge on any atom is -0.504 e. The van der Waals surface area contributed by atoms with Crippen LogP contribution in [0.3, 0.4) is 0 Å². The Hall–Kier alpha value is -1.81. The molecule has 0 fully saturated rings. The first-order valence-corrected chi connectivity index (χ1v) is 5.18. The van der Waals surface area contributed by atoms with Crippen LogP contribution in [-0.4, -0.2) is 16.3 Å². The predicted octanol–water partition coefficient (Wildman–Crippen LogP) is 2.83. The fourth-order valence-electron chi connectivity index (χ4n) is 1.22. The van der Waals surface area contributed by atoms with Crippen LogP contribution in [0.1, 0.15) is 5.56 Å². The third-order valence-corrected chi connectivity index (χ3v) is 2.44. The Morgan fingerprint density at radius 2 is 2.00 bits per heavy atom. The molecule has 0 saturated carbocycles. The summed E-state index contributed by atoms with van der Waals surface area (Å²) in [5.41, 5.74) is 0.885. The van der Waals surface area contributed by atoms with Gasteiger partial charge in [-0.1, -0.05) is 18.2 Å². The van der Waals surface area contributed by atoms with Gasteiger partial charge < -0.3 is 5.11 Å². The highest BCUT2D eigenvalue weighted by Gasteiger charge is 1.98. The van der Waals surface area contributed by atoms with Gasteiger partial charge in [-0.3, -0.25) is 0 Å². The van der Waals surface area contributed by atoms with Gasteiger partial charge in [0.15, 0.2) is 11.6 Å². The van der Waals surface area contributed by atoms with E-state index in [0.717, 1.165) is 10.5 Å². The van der Waals surface area contributed by atoms with E-state index < -0.39 is 0 Å². The molecule has 80 valence electrons. The van der Waals surface area contributed by atoms with Crippen LogP contribution in [0.5, 0.6) is 5.75 Å². The molecule has 0 radical (unpaired) electrons. The molecular weight excluding hydrogens is 220 g/mol. The number of nitrogens with zero attached hydrogens (tertiary/aromatic N) is 2. The average Bonchev–Trinajstić information content (AvgIpc) is 2.30. The van der Waals surface area contributed by atoms with Crippen molar-refractivity contribution in [2.24, 2.45) is 4.99 Å². The SMILES string of the molecule is Oc1cccnc1N=Cc1ccccc1S. The van der Waals surface area contributed by atoms with Gasteiger partial charge in [0.2, 0.25) is 0 Å². The number of aliphatic imine (C=N–C) groups is 1. The second-order valence-corrected chi connectivity index (χ2v) is 3.64. The maximum absolute atomic E-state index is 9.46. The molecule has 1 N–H and O–H groups in total. The summed E-state index contributed by atoms with van der Waals surface area (Å²) >= 11 is 4.30. The lowest BCUT2D eigenvalue weighted by Crippen LogP contribution is -1.83. The summed E-state index contributed by atoms with van der Waals surface area (Å²) in [5, 5.41) is 9.46. The maximum atomic E-state index is 9.46. The van der Waals surface area contributed by atoms with Crippen molar-refractivity contribution < 1.29 is 5.11 Å². The highest BCUT2D eigenvalue weighted by molar-refractivity contribution is 7.80. The summed E-state index contributed by atoms with van der Waals surface area (Å²) in [7, 11) is 0. The van der Waals surface area contributed by atoms with E-state index in [4.69, 9.17) is 0 Å². The highest BCUT2D eigenvalue weighted by atomic mass is 32.1. The van der Waals surface area contributed by atoms with Crippen molar-refractivity contribution in [1.82, 2.24) is 4.98 Å². The Bertz CT molecular complexity index is 478. The van der Waals surface area contributed by atoms with Gasteiger partial charge in [-0.2, -0.15) is 0 Å². The fourth-order valence-corrected chi connectivity index (χ4v) is 1.43. The molecule has 4 heteroatoms. The van der Waals surface area contributed by atoms with E-state index in [9.17, 15) is 5.11 Å². The zero-order valence-corrected chi connectivity index (χ0v) is 9.30. The molecule has 0 saturated heterocycles. The quantitative estimate of drug-likeness (QED) is 0.615. The molecule has 0 aliphatic heterocycles. The number of aromatic nitrogens is 1. The molecule has 0 bridgehead atoms. The Labute approximate surface area is 98.9 Å². The summed E-state index contributed by atoms with van der Waals surface area (Å²) in [6.07, 6.45) is 3.21.